The van der Waals surface area contributed by atoms with E-state index in [0.717, 1.165) is 18.2 Å². The first kappa shape index (κ1) is 12.9. The van der Waals surface area contributed by atoms with Gasteiger partial charge in [-0.3, -0.25) is 10.1 Å². The summed E-state index contributed by atoms with van der Waals surface area (Å²) in [5, 5.41) is 46.7. The molecule has 0 aromatic heterocycles. The van der Waals surface area contributed by atoms with E-state index in [1.165, 1.54) is 0 Å². The van der Waals surface area contributed by atoms with Crippen LogP contribution >= 0.6 is 0 Å². The first-order valence-corrected chi connectivity index (χ1v) is 4.41. The van der Waals surface area contributed by atoms with Gasteiger partial charge >= 0.3 is 5.97 Å². The number of hydrogen-bond acceptors (Lipinski definition) is 6. The summed E-state index contributed by atoms with van der Waals surface area (Å²) in [6, 6.07) is 2.78. The van der Waals surface area contributed by atoms with Crippen molar-refractivity contribution in [2.24, 2.45) is 0 Å². The minimum atomic E-state index is -2.18. The third kappa shape index (κ3) is 2.68. The van der Waals surface area contributed by atoms with Crippen LogP contribution in [0, 0.1) is 10.1 Å². The van der Waals surface area contributed by atoms with Gasteiger partial charge in [0.15, 0.2) is 6.10 Å². The van der Waals surface area contributed by atoms with E-state index in [1.54, 1.807) is 0 Å². The Hall–Kier alpha value is -2.19. The van der Waals surface area contributed by atoms with Crippen LogP contribution in [0.25, 0.3) is 0 Å². The van der Waals surface area contributed by atoms with Crippen LogP contribution in [0.3, 0.4) is 0 Å². The monoisotopic (exact) mass is 243 g/mol. The SMILES string of the molecule is O=C(O)C(O)C(O)c1ccc(O)cc1[N+](=O)[O-]. The van der Waals surface area contributed by atoms with E-state index in [4.69, 9.17) is 15.3 Å². The molecule has 8 nitrogen and oxygen atoms in total. The first-order chi connectivity index (χ1) is 7.84. The largest absolute Gasteiger partial charge is 0.508 e. The number of benzene rings is 1. The summed E-state index contributed by atoms with van der Waals surface area (Å²) in [6.07, 6.45) is -4.13. The topological polar surface area (TPSA) is 141 Å². The van der Waals surface area contributed by atoms with Crippen LogP contribution in [0.2, 0.25) is 0 Å². The van der Waals surface area contributed by atoms with Crippen LogP contribution in [-0.4, -0.2) is 37.4 Å². The van der Waals surface area contributed by atoms with Crippen LogP contribution in [0.15, 0.2) is 18.2 Å². The van der Waals surface area contributed by atoms with Crippen LogP contribution in [-0.2, 0) is 4.79 Å². The van der Waals surface area contributed by atoms with Gasteiger partial charge in [-0.15, -0.1) is 0 Å². The number of nitro groups is 1. The number of carboxylic acids is 1. The van der Waals surface area contributed by atoms with Crippen LogP contribution in [0.4, 0.5) is 5.69 Å². The zero-order valence-corrected chi connectivity index (χ0v) is 8.35. The molecule has 0 radical (unpaired) electrons. The number of aliphatic carboxylic acids is 1. The molecule has 17 heavy (non-hydrogen) atoms. The third-order valence-electron chi connectivity index (χ3n) is 2.08. The maximum Gasteiger partial charge on any atom is 0.335 e. The van der Waals surface area contributed by atoms with Crippen molar-refractivity contribution in [2.75, 3.05) is 0 Å². The van der Waals surface area contributed by atoms with E-state index in [2.05, 4.69) is 0 Å². The van der Waals surface area contributed by atoms with Crippen LogP contribution in [0.1, 0.15) is 11.7 Å². The molecule has 2 atom stereocenters. The fraction of sp³-hybridized carbons (Fsp3) is 0.222. The number of phenolic OH excluding ortho intramolecular Hbond substituents is 1. The first-order valence-electron chi connectivity index (χ1n) is 4.41. The van der Waals surface area contributed by atoms with E-state index in [9.17, 15) is 20.0 Å². The standard InChI is InChI=1S/C9H9NO7/c11-4-1-2-5(6(3-4)10(16)17)7(12)8(13)9(14)15/h1-3,7-8,11-13H,(H,14,15). The normalized spacial score (nSPS) is 14.0. The summed E-state index contributed by atoms with van der Waals surface area (Å²) in [4.78, 5) is 20.2. The number of carboxylic acid groups (broad SMARTS) is 1. The number of aromatic hydroxyl groups is 1. The number of nitro benzene ring substituents is 1. The average Bonchev–Trinajstić information content (AvgIpc) is 2.26. The summed E-state index contributed by atoms with van der Waals surface area (Å²) in [5.41, 5.74) is -1.06. The van der Waals surface area contributed by atoms with Crippen LogP contribution < -0.4 is 0 Å². The highest BCUT2D eigenvalue weighted by molar-refractivity contribution is 5.73. The van der Waals surface area contributed by atoms with Crippen molar-refractivity contribution in [1.82, 2.24) is 0 Å². The molecule has 1 aromatic rings. The molecule has 0 spiro atoms. The van der Waals surface area contributed by atoms with E-state index >= 15 is 0 Å². The van der Waals surface area contributed by atoms with Crippen molar-refractivity contribution in [3.63, 3.8) is 0 Å². The van der Waals surface area contributed by atoms with Gasteiger partial charge in [0, 0.05) is 0 Å². The molecule has 1 rings (SSSR count). The Labute approximate surface area is 94.5 Å². The molecule has 0 saturated carbocycles. The van der Waals surface area contributed by atoms with Crippen molar-refractivity contribution in [1.29, 1.82) is 0 Å². The second-order valence-electron chi connectivity index (χ2n) is 3.23. The Morgan fingerprint density at radius 1 is 1.35 bits per heavy atom. The molecule has 0 aliphatic carbocycles. The predicted molar refractivity (Wildman–Crippen MR) is 53.4 cm³/mol. The molecule has 0 fully saturated rings. The zero-order valence-electron chi connectivity index (χ0n) is 8.35. The van der Waals surface area contributed by atoms with Gasteiger partial charge in [0.05, 0.1) is 16.6 Å². The van der Waals surface area contributed by atoms with Gasteiger partial charge < -0.3 is 20.4 Å². The molecule has 0 heterocycles. The summed E-state index contributed by atoms with van der Waals surface area (Å²) in [7, 11) is 0. The van der Waals surface area contributed by atoms with E-state index in [-0.39, 0.29) is 5.56 Å². The van der Waals surface area contributed by atoms with Gasteiger partial charge in [-0.25, -0.2) is 4.79 Å². The predicted octanol–water partition coefficient (Wildman–Crippen LogP) is -0.221. The van der Waals surface area contributed by atoms with Gasteiger partial charge in [0.1, 0.15) is 11.9 Å². The lowest BCUT2D eigenvalue weighted by atomic mass is 10.0. The molecule has 4 N–H and O–H groups in total. The number of carbonyl (C=O) groups is 1. The maximum atomic E-state index is 10.6. The molecule has 1 aromatic carbocycles. The molecule has 0 bridgehead atoms. The lowest BCUT2D eigenvalue weighted by molar-refractivity contribution is -0.386. The Kier molecular flexibility index (Phi) is 3.61. The van der Waals surface area contributed by atoms with E-state index in [0.29, 0.717) is 0 Å². The van der Waals surface area contributed by atoms with Gasteiger partial charge in [0.2, 0.25) is 0 Å². The lowest BCUT2D eigenvalue weighted by Crippen LogP contribution is -2.27. The zero-order chi connectivity index (χ0) is 13.2. The summed E-state index contributed by atoms with van der Waals surface area (Å²) >= 11 is 0. The third-order valence-corrected chi connectivity index (χ3v) is 2.08. The Morgan fingerprint density at radius 2 is 1.94 bits per heavy atom. The highest BCUT2D eigenvalue weighted by Crippen LogP contribution is 2.30. The Bertz CT molecular complexity index is 459. The highest BCUT2D eigenvalue weighted by atomic mass is 16.6. The van der Waals surface area contributed by atoms with Crippen molar-refractivity contribution >= 4 is 11.7 Å². The van der Waals surface area contributed by atoms with Crippen molar-refractivity contribution in [3.05, 3.63) is 33.9 Å². The van der Waals surface area contributed by atoms with Gasteiger partial charge in [-0.2, -0.15) is 0 Å². The molecule has 0 aliphatic heterocycles. The second-order valence-corrected chi connectivity index (χ2v) is 3.23. The molecular weight excluding hydrogens is 234 g/mol. The van der Waals surface area contributed by atoms with Crippen molar-refractivity contribution in [3.8, 4) is 5.75 Å². The number of hydrogen-bond donors (Lipinski definition) is 4. The number of phenols is 1. The molecule has 0 amide bonds. The maximum absolute atomic E-state index is 10.6. The number of nitrogens with zero attached hydrogens (tertiary/aromatic N) is 1. The van der Waals surface area contributed by atoms with E-state index in [1.807, 2.05) is 0 Å². The molecular formula is C9H9NO7. The van der Waals surface area contributed by atoms with E-state index < -0.39 is 34.5 Å². The highest BCUT2D eigenvalue weighted by Gasteiger charge is 2.30. The summed E-state index contributed by atoms with van der Waals surface area (Å²) < 4.78 is 0. The molecule has 92 valence electrons. The quantitative estimate of drug-likeness (QED) is 0.423. The van der Waals surface area contributed by atoms with Crippen molar-refractivity contribution in [2.45, 2.75) is 12.2 Å². The van der Waals surface area contributed by atoms with Gasteiger partial charge in [-0.05, 0) is 12.1 Å². The number of aliphatic hydroxyl groups excluding tert-OH is 2. The fourth-order valence-electron chi connectivity index (χ4n) is 1.25. The molecule has 0 saturated heterocycles. The number of rotatable bonds is 4. The molecule has 0 aliphatic rings. The van der Waals surface area contributed by atoms with Gasteiger partial charge in [0.25, 0.3) is 5.69 Å². The molecule has 2 unspecified atom stereocenters. The Morgan fingerprint density at radius 3 is 2.41 bits per heavy atom. The second kappa shape index (κ2) is 4.76. The fourth-order valence-corrected chi connectivity index (χ4v) is 1.25. The average molecular weight is 243 g/mol. The lowest BCUT2D eigenvalue weighted by Gasteiger charge is -2.14. The smallest absolute Gasteiger partial charge is 0.335 e. The minimum Gasteiger partial charge on any atom is -0.508 e. The van der Waals surface area contributed by atoms with Gasteiger partial charge in [-0.1, -0.05) is 0 Å². The number of aliphatic hydroxyl groups is 2. The Balaban J connectivity index is 3.21. The summed E-state index contributed by atoms with van der Waals surface area (Å²) in [5.74, 6) is -2.11. The van der Waals surface area contributed by atoms with Crippen molar-refractivity contribution < 1.29 is 30.1 Å². The summed E-state index contributed by atoms with van der Waals surface area (Å²) in [6.45, 7) is 0. The van der Waals surface area contributed by atoms with Crippen LogP contribution in [0.5, 0.6) is 5.75 Å². The molecule has 8 heteroatoms. The minimum absolute atomic E-state index is 0.386.